The number of hydrogen-bond donors (Lipinski definition) is 1. The second kappa shape index (κ2) is 4.23. The van der Waals surface area contributed by atoms with Gasteiger partial charge in [-0.1, -0.05) is 19.6 Å². The van der Waals surface area contributed by atoms with Gasteiger partial charge in [-0.15, -0.1) is 0 Å². The molecule has 3 heteroatoms. The first-order valence-electron chi connectivity index (χ1n) is 4.18. The standard InChI is InChI=1S/C8H21NOSi/c1-8(10)6-9(2)7-11(3,4)5/h8,10H,6-7H2,1-5H3/t8-/m0/s1. The third kappa shape index (κ3) is 8.04. The van der Waals surface area contributed by atoms with Crippen LogP contribution in [-0.2, 0) is 0 Å². The van der Waals surface area contributed by atoms with Crippen LogP contribution in [0.4, 0.5) is 0 Å². The van der Waals surface area contributed by atoms with Crippen LogP contribution in [0.3, 0.4) is 0 Å². The molecule has 0 heterocycles. The summed E-state index contributed by atoms with van der Waals surface area (Å²) in [4.78, 5) is 2.22. The third-order valence-corrected chi connectivity index (χ3v) is 2.81. The molecule has 1 atom stereocenters. The van der Waals surface area contributed by atoms with Gasteiger partial charge in [-0.2, -0.15) is 0 Å². The van der Waals surface area contributed by atoms with Crippen LogP contribution < -0.4 is 0 Å². The van der Waals surface area contributed by atoms with E-state index in [9.17, 15) is 0 Å². The fourth-order valence-electron chi connectivity index (χ4n) is 1.33. The minimum Gasteiger partial charge on any atom is -0.392 e. The fraction of sp³-hybridized carbons (Fsp3) is 1.00. The third-order valence-electron chi connectivity index (χ3n) is 1.32. The molecule has 1 N–H and O–H groups in total. The maximum absolute atomic E-state index is 9.09. The number of rotatable bonds is 4. The molecule has 0 aliphatic rings. The van der Waals surface area contributed by atoms with E-state index < -0.39 is 8.07 Å². The van der Waals surface area contributed by atoms with Crippen molar-refractivity contribution in [3.05, 3.63) is 0 Å². The van der Waals surface area contributed by atoms with Crippen LogP contribution in [0.1, 0.15) is 6.92 Å². The Kier molecular flexibility index (Phi) is 4.29. The number of aliphatic hydroxyl groups is 1. The predicted molar refractivity (Wildman–Crippen MR) is 52.5 cm³/mol. The van der Waals surface area contributed by atoms with Crippen LogP contribution in [0, 0.1) is 0 Å². The zero-order valence-electron chi connectivity index (χ0n) is 8.39. The van der Waals surface area contributed by atoms with Crippen LogP contribution >= 0.6 is 0 Å². The molecule has 0 spiro atoms. The van der Waals surface area contributed by atoms with E-state index in [4.69, 9.17) is 5.11 Å². The second-order valence-corrected chi connectivity index (χ2v) is 10.0. The van der Waals surface area contributed by atoms with Crippen molar-refractivity contribution < 1.29 is 5.11 Å². The molecule has 0 bridgehead atoms. The molecular weight excluding hydrogens is 154 g/mol. The topological polar surface area (TPSA) is 23.5 Å². The van der Waals surface area contributed by atoms with Gasteiger partial charge in [0.25, 0.3) is 0 Å². The van der Waals surface area contributed by atoms with Gasteiger partial charge in [0.2, 0.25) is 0 Å². The van der Waals surface area contributed by atoms with E-state index in [-0.39, 0.29) is 6.10 Å². The SMILES string of the molecule is C[C@H](O)CN(C)C[Si](C)(C)C. The highest BCUT2D eigenvalue weighted by molar-refractivity contribution is 6.76. The average molecular weight is 175 g/mol. The summed E-state index contributed by atoms with van der Waals surface area (Å²) >= 11 is 0. The van der Waals surface area contributed by atoms with Crippen molar-refractivity contribution >= 4 is 8.07 Å². The van der Waals surface area contributed by atoms with Crippen molar-refractivity contribution in [2.45, 2.75) is 32.7 Å². The Morgan fingerprint density at radius 3 is 2.09 bits per heavy atom. The molecular formula is C8H21NOSi. The van der Waals surface area contributed by atoms with E-state index in [1.54, 1.807) is 0 Å². The Balaban J connectivity index is 3.61. The molecule has 0 aromatic rings. The molecule has 0 amide bonds. The Hall–Kier alpha value is 0.137. The van der Waals surface area contributed by atoms with Gasteiger partial charge in [0.15, 0.2) is 0 Å². The minimum absolute atomic E-state index is 0.198. The highest BCUT2D eigenvalue weighted by atomic mass is 28.3. The lowest BCUT2D eigenvalue weighted by Gasteiger charge is -2.25. The van der Waals surface area contributed by atoms with Crippen molar-refractivity contribution in [2.75, 3.05) is 19.8 Å². The molecule has 0 unspecified atom stereocenters. The summed E-state index contributed by atoms with van der Waals surface area (Å²) in [5, 5.41) is 9.09. The first kappa shape index (κ1) is 11.1. The number of hydrogen-bond acceptors (Lipinski definition) is 2. The minimum atomic E-state index is -0.972. The summed E-state index contributed by atoms with van der Waals surface area (Å²) < 4.78 is 0. The molecule has 2 nitrogen and oxygen atoms in total. The Morgan fingerprint density at radius 1 is 1.36 bits per heavy atom. The highest BCUT2D eigenvalue weighted by Gasteiger charge is 2.16. The maximum atomic E-state index is 9.09. The lowest BCUT2D eigenvalue weighted by Crippen LogP contribution is -2.40. The smallest absolute Gasteiger partial charge is 0.0638 e. The van der Waals surface area contributed by atoms with E-state index in [1.165, 1.54) is 0 Å². The molecule has 0 aliphatic carbocycles. The van der Waals surface area contributed by atoms with E-state index >= 15 is 0 Å². The zero-order valence-corrected chi connectivity index (χ0v) is 9.39. The van der Waals surface area contributed by atoms with Crippen molar-refractivity contribution in [3.63, 3.8) is 0 Å². The molecule has 0 fully saturated rings. The number of nitrogens with zero attached hydrogens (tertiary/aromatic N) is 1. The largest absolute Gasteiger partial charge is 0.392 e. The van der Waals surface area contributed by atoms with Gasteiger partial charge in [-0.05, 0) is 20.1 Å². The van der Waals surface area contributed by atoms with Crippen LogP contribution in [0.25, 0.3) is 0 Å². The van der Waals surface area contributed by atoms with Gasteiger partial charge in [0.1, 0.15) is 0 Å². The lowest BCUT2D eigenvalue weighted by molar-refractivity contribution is 0.149. The van der Waals surface area contributed by atoms with Crippen LogP contribution in [-0.4, -0.2) is 43.9 Å². The quantitative estimate of drug-likeness (QED) is 0.649. The summed E-state index contributed by atoms with van der Waals surface area (Å²) in [6, 6.07) is 0. The van der Waals surface area contributed by atoms with Gasteiger partial charge in [0.05, 0.1) is 14.2 Å². The molecule has 0 aromatic carbocycles. The summed E-state index contributed by atoms with van der Waals surface area (Å²) in [5.41, 5.74) is 0. The van der Waals surface area contributed by atoms with Crippen molar-refractivity contribution in [1.29, 1.82) is 0 Å². The fourth-order valence-corrected chi connectivity index (χ4v) is 3.07. The average Bonchev–Trinajstić information content (AvgIpc) is 1.53. The van der Waals surface area contributed by atoms with E-state index in [0.717, 1.165) is 12.7 Å². The van der Waals surface area contributed by atoms with Gasteiger partial charge >= 0.3 is 0 Å². The molecule has 11 heavy (non-hydrogen) atoms. The second-order valence-electron chi connectivity index (χ2n) is 4.61. The van der Waals surface area contributed by atoms with E-state index in [0.29, 0.717) is 0 Å². The van der Waals surface area contributed by atoms with Crippen LogP contribution in [0.5, 0.6) is 0 Å². The lowest BCUT2D eigenvalue weighted by atomic mass is 10.4. The Morgan fingerprint density at radius 2 is 1.82 bits per heavy atom. The van der Waals surface area contributed by atoms with E-state index in [1.807, 2.05) is 6.92 Å². The van der Waals surface area contributed by atoms with Gasteiger partial charge < -0.3 is 10.0 Å². The molecule has 0 rings (SSSR count). The summed E-state index contributed by atoms with van der Waals surface area (Å²) in [7, 11) is 1.10. The first-order valence-corrected chi connectivity index (χ1v) is 7.88. The van der Waals surface area contributed by atoms with E-state index in [2.05, 4.69) is 31.6 Å². The monoisotopic (exact) mass is 175 g/mol. The summed E-state index contributed by atoms with van der Waals surface area (Å²) in [5.74, 6) is 0. The van der Waals surface area contributed by atoms with Gasteiger partial charge in [-0.25, -0.2) is 0 Å². The number of likely N-dealkylation sites (N-methyl/N-ethyl adjacent to an activating group) is 1. The Bertz CT molecular complexity index is 109. The maximum Gasteiger partial charge on any atom is 0.0638 e. The summed E-state index contributed by atoms with van der Waals surface area (Å²) in [6.07, 6.45) is 0.967. The molecule has 0 saturated carbocycles. The first-order chi connectivity index (χ1) is 4.81. The van der Waals surface area contributed by atoms with Gasteiger partial charge in [0, 0.05) is 6.54 Å². The highest BCUT2D eigenvalue weighted by Crippen LogP contribution is 2.02. The molecule has 0 radical (unpaired) electrons. The Labute approximate surface area is 71.2 Å². The van der Waals surface area contributed by atoms with Crippen LogP contribution in [0.15, 0.2) is 0 Å². The molecule has 68 valence electrons. The van der Waals surface area contributed by atoms with Crippen LogP contribution in [0.2, 0.25) is 19.6 Å². The van der Waals surface area contributed by atoms with Crippen molar-refractivity contribution in [2.24, 2.45) is 0 Å². The number of aliphatic hydroxyl groups excluding tert-OH is 1. The molecule has 0 saturated heterocycles. The normalized spacial score (nSPS) is 15.5. The zero-order chi connectivity index (χ0) is 9.07. The summed E-state index contributed by atoms with van der Waals surface area (Å²) in [6.45, 7) is 9.65. The van der Waals surface area contributed by atoms with Gasteiger partial charge in [-0.3, -0.25) is 0 Å². The van der Waals surface area contributed by atoms with Crippen molar-refractivity contribution in [3.8, 4) is 0 Å². The van der Waals surface area contributed by atoms with Crippen molar-refractivity contribution in [1.82, 2.24) is 4.90 Å². The molecule has 0 aliphatic heterocycles. The molecule has 0 aromatic heterocycles. The predicted octanol–water partition coefficient (Wildman–Crippen LogP) is 1.18.